The van der Waals surface area contributed by atoms with Crippen molar-refractivity contribution in [1.29, 1.82) is 0 Å². The number of anilines is 2. The number of rotatable bonds is 4. The number of amides is 3. The van der Waals surface area contributed by atoms with E-state index in [1.165, 1.54) is 0 Å². The number of benzene rings is 1. The van der Waals surface area contributed by atoms with Crippen molar-refractivity contribution < 1.29 is 14.4 Å². The van der Waals surface area contributed by atoms with Gasteiger partial charge in [0.25, 0.3) is 0 Å². The molecule has 2 aliphatic heterocycles. The minimum Gasteiger partial charge on any atom is -0.358 e. The fourth-order valence-corrected chi connectivity index (χ4v) is 4.61. The lowest BCUT2D eigenvalue weighted by Gasteiger charge is -2.27. The molecule has 10 heteroatoms. The standard InChI is InChI=1S/C27H37N7O3/c1-17(2)23-26(37)29-18(3)24(35)28-12-11-20-16-22(32-27(30-20)34-13-7-8-14-34)31-21(25(36)33-23)15-19-9-5-4-6-10-19/h4-6,9-10,16-18,21,23H,7-8,11-15H2,1-3H3,(H,28,35)(H,29,37)(H,33,36)(H,30,31,32)/t18-,21-,23+/m0/s1. The number of nitrogens with one attached hydrogen (secondary N) is 4. The summed E-state index contributed by atoms with van der Waals surface area (Å²) in [6.45, 7) is 7.50. The first-order chi connectivity index (χ1) is 17.8. The highest BCUT2D eigenvalue weighted by atomic mass is 16.2. The van der Waals surface area contributed by atoms with E-state index in [0.29, 0.717) is 31.2 Å². The van der Waals surface area contributed by atoms with Crippen LogP contribution in [0.15, 0.2) is 36.4 Å². The lowest BCUT2D eigenvalue weighted by atomic mass is 10.0. The quantitative estimate of drug-likeness (QED) is 0.493. The predicted molar refractivity (Wildman–Crippen MR) is 142 cm³/mol. The van der Waals surface area contributed by atoms with Crippen molar-refractivity contribution in [2.75, 3.05) is 29.9 Å². The Morgan fingerprint density at radius 3 is 2.38 bits per heavy atom. The first kappa shape index (κ1) is 26.4. The third kappa shape index (κ3) is 6.96. The Labute approximate surface area is 218 Å². The van der Waals surface area contributed by atoms with Gasteiger partial charge in [0.05, 0.1) is 0 Å². The van der Waals surface area contributed by atoms with Crippen molar-refractivity contribution in [3.8, 4) is 0 Å². The maximum Gasteiger partial charge on any atom is 0.243 e. The molecular weight excluding hydrogens is 470 g/mol. The number of nitrogens with zero attached hydrogens (tertiary/aromatic N) is 3. The van der Waals surface area contributed by atoms with Gasteiger partial charge in [0.1, 0.15) is 23.9 Å². The second kappa shape index (κ2) is 12.0. The van der Waals surface area contributed by atoms with Crippen LogP contribution in [0.1, 0.15) is 44.9 Å². The van der Waals surface area contributed by atoms with Gasteiger partial charge in [-0.05, 0) is 31.2 Å². The summed E-state index contributed by atoms with van der Waals surface area (Å²) in [5, 5.41) is 11.9. The van der Waals surface area contributed by atoms with Crippen molar-refractivity contribution >= 4 is 29.5 Å². The lowest BCUT2D eigenvalue weighted by Crippen LogP contribution is -2.56. The molecule has 1 aromatic carbocycles. The van der Waals surface area contributed by atoms with E-state index < -0.39 is 24.0 Å². The van der Waals surface area contributed by atoms with E-state index in [9.17, 15) is 14.4 Å². The summed E-state index contributed by atoms with van der Waals surface area (Å²) in [5.74, 6) is -0.00480. The fourth-order valence-electron chi connectivity index (χ4n) is 4.61. The second-order valence-electron chi connectivity index (χ2n) is 10.1. The summed E-state index contributed by atoms with van der Waals surface area (Å²) in [7, 11) is 0. The molecule has 37 heavy (non-hydrogen) atoms. The van der Waals surface area contributed by atoms with Gasteiger partial charge in [0.2, 0.25) is 23.7 Å². The van der Waals surface area contributed by atoms with E-state index in [1.54, 1.807) is 6.92 Å². The topological polar surface area (TPSA) is 128 Å². The zero-order valence-corrected chi connectivity index (χ0v) is 21.8. The molecule has 1 fully saturated rings. The van der Waals surface area contributed by atoms with Gasteiger partial charge in [-0.3, -0.25) is 14.4 Å². The smallest absolute Gasteiger partial charge is 0.243 e. The molecular formula is C27H37N7O3. The van der Waals surface area contributed by atoms with Crippen LogP contribution in [-0.4, -0.2) is 65.4 Å². The number of hydrogen-bond acceptors (Lipinski definition) is 7. The molecule has 4 N–H and O–H groups in total. The van der Waals surface area contributed by atoms with Crippen LogP contribution in [-0.2, 0) is 27.2 Å². The first-order valence-corrected chi connectivity index (χ1v) is 13.1. The van der Waals surface area contributed by atoms with E-state index >= 15 is 0 Å². The normalized spacial score (nSPS) is 23.4. The van der Waals surface area contributed by atoms with Gasteiger partial charge in [0, 0.05) is 44.2 Å². The SMILES string of the molecule is CC(C)[C@H]1NC(=O)[C@H](Cc2ccccc2)Nc2cc(nc(N3CCCC3)n2)CCNC(=O)[C@H](C)NC1=O. The Hall–Kier alpha value is -3.69. The van der Waals surface area contributed by atoms with Gasteiger partial charge in [-0.25, -0.2) is 4.98 Å². The summed E-state index contributed by atoms with van der Waals surface area (Å²) in [5.41, 5.74) is 1.75. The van der Waals surface area contributed by atoms with Gasteiger partial charge >= 0.3 is 0 Å². The van der Waals surface area contributed by atoms with Gasteiger partial charge in [-0.15, -0.1) is 0 Å². The summed E-state index contributed by atoms with van der Waals surface area (Å²) < 4.78 is 0. The first-order valence-electron chi connectivity index (χ1n) is 13.1. The van der Waals surface area contributed by atoms with Gasteiger partial charge in [-0.1, -0.05) is 44.2 Å². The monoisotopic (exact) mass is 507 g/mol. The van der Waals surface area contributed by atoms with Crippen LogP contribution in [0.5, 0.6) is 0 Å². The highest BCUT2D eigenvalue weighted by Gasteiger charge is 2.30. The molecule has 3 amide bonds. The van der Waals surface area contributed by atoms with Crippen LogP contribution >= 0.6 is 0 Å². The third-order valence-electron chi connectivity index (χ3n) is 6.76. The van der Waals surface area contributed by atoms with Crippen molar-refractivity contribution in [2.45, 2.75) is 64.6 Å². The summed E-state index contributed by atoms with van der Waals surface area (Å²) in [4.78, 5) is 50.9. The van der Waals surface area contributed by atoms with Crippen LogP contribution < -0.4 is 26.2 Å². The average Bonchev–Trinajstić information content (AvgIpc) is 3.41. The molecule has 10 nitrogen and oxygen atoms in total. The van der Waals surface area contributed by atoms with Crippen molar-refractivity contribution in [2.24, 2.45) is 5.92 Å². The molecule has 198 valence electrons. The highest BCUT2D eigenvalue weighted by molar-refractivity contribution is 5.93. The number of carbonyl (C=O) groups excluding carboxylic acids is 3. The van der Waals surface area contributed by atoms with Crippen LogP contribution in [0.4, 0.5) is 11.8 Å². The zero-order valence-electron chi connectivity index (χ0n) is 21.8. The molecule has 3 atom stereocenters. The second-order valence-corrected chi connectivity index (χ2v) is 10.1. The Morgan fingerprint density at radius 1 is 0.946 bits per heavy atom. The molecule has 4 rings (SSSR count). The molecule has 0 aliphatic carbocycles. The Morgan fingerprint density at radius 2 is 1.68 bits per heavy atom. The van der Waals surface area contributed by atoms with Crippen LogP contribution in [0.2, 0.25) is 0 Å². The number of aromatic nitrogens is 2. The fraction of sp³-hybridized carbons (Fsp3) is 0.519. The van der Waals surface area contributed by atoms with Crippen LogP contribution in [0.25, 0.3) is 0 Å². The van der Waals surface area contributed by atoms with E-state index in [2.05, 4.69) is 26.2 Å². The van der Waals surface area contributed by atoms with Crippen molar-refractivity contribution in [1.82, 2.24) is 25.9 Å². The largest absolute Gasteiger partial charge is 0.358 e. The minimum absolute atomic E-state index is 0.181. The molecule has 2 aromatic rings. The Kier molecular flexibility index (Phi) is 8.58. The number of hydrogen-bond donors (Lipinski definition) is 4. The van der Waals surface area contributed by atoms with E-state index in [4.69, 9.17) is 9.97 Å². The average molecular weight is 508 g/mol. The molecule has 0 spiro atoms. The molecule has 0 saturated carbocycles. The van der Waals surface area contributed by atoms with E-state index in [1.807, 2.05) is 50.2 Å². The van der Waals surface area contributed by atoms with E-state index in [-0.39, 0.29) is 17.7 Å². The molecule has 1 aromatic heterocycles. The lowest BCUT2D eigenvalue weighted by molar-refractivity contribution is -0.132. The third-order valence-corrected chi connectivity index (χ3v) is 6.76. The molecule has 0 radical (unpaired) electrons. The van der Waals surface area contributed by atoms with Gasteiger partial charge in [-0.2, -0.15) is 4.98 Å². The minimum atomic E-state index is -0.797. The summed E-state index contributed by atoms with van der Waals surface area (Å²) in [6.07, 6.45) is 3.07. The zero-order chi connectivity index (χ0) is 26.4. The summed E-state index contributed by atoms with van der Waals surface area (Å²) >= 11 is 0. The van der Waals surface area contributed by atoms with Crippen molar-refractivity contribution in [3.05, 3.63) is 47.7 Å². The Bertz CT molecular complexity index is 1100. The molecule has 2 aliphatic rings. The molecule has 1 saturated heterocycles. The van der Waals surface area contributed by atoms with E-state index in [0.717, 1.165) is 37.2 Å². The molecule has 0 unspecified atom stereocenters. The van der Waals surface area contributed by atoms with Crippen LogP contribution in [0, 0.1) is 5.92 Å². The number of fused-ring (bicyclic) bond motifs is 2. The summed E-state index contributed by atoms with van der Waals surface area (Å²) in [6, 6.07) is 9.37. The predicted octanol–water partition coefficient (Wildman–Crippen LogP) is 1.42. The maximum atomic E-state index is 13.6. The highest BCUT2D eigenvalue weighted by Crippen LogP contribution is 2.20. The van der Waals surface area contributed by atoms with Gasteiger partial charge in [0.15, 0.2) is 0 Å². The van der Waals surface area contributed by atoms with Crippen LogP contribution in [0.3, 0.4) is 0 Å². The maximum absolute atomic E-state index is 13.6. The molecule has 3 heterocycles. The van der Waals surface area contributed by atoms with Crippen molar-refractivity contribution in [3.63, 3.8) is 0 Å². The van der Waals surface area contributed by atoms with Gasteiger partial charge < -0.3 is 26.2 Å². The number of carbonyl (C=O) groups is 3. The Balaban J connectivity index is 1.70. The molecule has 2 bridgehead atoms.